The number of phenols is 1. The van der Waals surface area contributed by atoms with Crippen molar-refractivity contribution in [1.29, 1.82) is 0 Å². The lowest BCUT2D eigenvalue weighted by molar-refractivity contribution is 0.469. The van der Waals surface area contributed by atoms with E-state index in [1.54, 1.807) is 24.3 Å². The van der Waals surface area contributed by atoms with Crippen LogP contribution in [0.4, 0.5) is 10.1 Å². The minimum Gasteiger partial charge on any atom is -0.508 e. The first-order valence-corrected chi connectivity index (χ1v) is 5.50. The van der Waals surface area contributed by atoms with Crippen molar-refractivity contribution < 1.29 is 9.50 Å². The van der Waals surface area contributed by atoms with Gasteiger partial charge in [0.25, 0.3) is 0 Å². The Kier molecular flexibility index (Phi) is 3.49. The van der Waals surface area contributed by atoms with Crippen molar-refractivity contribution in [2.45, 2.75) is 6.54 Å². The molecule has 4 heteroatoms. The van der Waals surface area contributed by atoms with Crippen molar-refractivity contribution in [2.24, 2.45) is 0 Å². The molecule has 0 heterocycles. The van der Waals surface area contributed by atoms with E-state index in [1.807, 2.05) is 6.07 Å². The highest BCUT2D eigenvalue weighted by molar-refractivity contribution is 6.33. The maximum atomic E-state index is 12.8. The number of phenolic OH excluding ortho intramolecular Hbond substituents is 1. The third-order valence-corrected chi connectivity index (χ3v) is 2.70. The van der Waals surface area contributed by atoms with Gasteiger partial charge in [-0.15, -0.1) is 0 Å². The Labute approximate surface area is 104 Å². The molecule has 0 fully saturated rings. The van der Waals surface area contributed by atoms with E-state index >= 15 is 0 Å². The molecule has 0 aromatic heterocycles. The molecule has 0 spiro atoms. The first-order valence-electron chi connectivity index (χ1n) is 5.12. The lowest BCUT2D eigenvalue weighted by Crippen LogP contribution is -2.00. The highest BCUT2D eigenvalue weighted by Crippen LogP contribution is 2.24. The molecule has 2 aromatic carbocycles. The van der Waals surface area contributed by atoms with Crippen LogP contribution in [0.1, 0.15) is 5.56 Å². The summed E-state index contributed by atoms with van der Waals surface area (Å²) in [5, 5.41) is 12.9. The first kappa shape index (κ1) is 11.7. The zero-order chi connectivity index (χ0) is 12.3. The van der Waals surface area contributed by atoms with Gasteiger partial charge in [0.2, 0.25) is 0 Å². The van der Waals surface area contributed by atoms with Gasteiger partial charge in [0.1, 0.15) is 11.6 Å². The van der Waals surface area contributed by atoms with Crippen LogP contribution in [0.15, 0.2) is 42.5 Å². The number of aromatic hydroxyl groups is 1. The van der Waals surface area contributed by atoms with Crippen LogP contribution in [-0.4, -0.2) is 5.11 Å². The standard InChI is InChI=1S/C13H11ClFNO/c14-11-7-10(15)5-6-12(11)16-8-9-3-1-2-4-13(9)17/h1-7,16-17H,8H2. The Balaban J connectivity index is 2.10. The van der Waals surface area contributed by atoms with Crippen molar-refractivity contribution in [3.8, 4) is 5.75 Å². The Hall–Kier alpha value is -1.74. The van der Waals surface area contributed by atoms with Gasteiger partial charge in [-0.2, -0.15) is 0 Å². The SMILES string of the molecule is Oc1ccccc1CNc1ccc(F)cc1Cl. The molecule has 0 aliphatic rings. The summed E-state index contributed by atoms with van der Waals surface area (Å²) in [5.74, 6) is -0.152. The highest BCUT2D eigenvalue weighted by Gasteiger charge is 2.03. The van der Waals surface area contributed by atoms with Gasteiger partial charge in [0, 0.05) is 12.1 Å². The molecule has 2 nitrogen and oxygen atoms in total. The number of benzene rings is 2. The molecule has 2 aromatic rings. The minimum atomic E-state index is -0.372. The second-order valence-electron chi connectivity index (χ2n) is 3.61. The van der Waals surface area contributed by atoms with E-state index in [0.29, 0.717) is 17.3 Å². The van der Waals surface area contributed by atoms with Gasteiger partial charge in [0.05, 0.1) is 10.7 Å². The Bertz CT molecular complexity index is 531. The molecule has 0 aliphatic heterocycles. The average molecular weight is 252 g/mol. The Morgan fingerprint density at radius 3 is 2.65 bits per heavy atom. The van der Waals surface area contributed by atoms with Crippen molar-refractivity contribution in [3.63, 3.8) is 0 Å². The zero-order valence-corrected chi connectivity index (χ0v) is 9.71. The predicted octanol–water partition coefficient (Wildman–Crippen LogP) is 3.80. The second kappa shape index (κ2) is 5.06. The molecule has 0 bridgehead atoms. The van der Waals surface area contributed by atoms with E-state index in [4.69, 9.17) is 11.6 Å². The number of halogens is 2. The summed E-state index contributed by atoms with van der Waals surface area (Å²) in [6, 6.07) is 11.2. The van der Waals surface area contributed by atoms with Gasteiger partial charge in [0.15, 0.2) is 0 Å². The molecule has 2 rings (SSSR count). The monoisotopic (exact) mass is 251 g/mol. The van der Waals surface area contributed by atoms with Crippen LogP contribution in [0, 0.1) is 5.82 Å². The van der Waals surface area contributed by atoms with E-state index in [2.05, 4.69) is 5.32 Å². The van der Waals surface area contributed by atoms with Gasteiger partial charge in [-0.1, -0.05) is 29.8 Å². The first-order chi connectivity index (χ1) is 8.16. The summed E-state index contributed by atoms with van der Waals surface area (Å²) in [4.78, 5) is 0. The highest BCUT2D eigenvalue weighted by atomic mass is 35.5. The fourth-order valence-corrected chi connectivity index (χ4v) is 1.72. The van der Waals surface area contributed by atoms with Crippen LogP contribution in [0.3, 0.4) is 0 Å². The smallest absolute Gasteiger partial charge is 0.124 e. The van der Waals surface area contributed by atoms with Gasteiger partial charge in [-0.25, -0.2) is 4.39 Å². The Morgan fingerprint density at radius 2 is 1.94 bits per heavy atom. The van der Waals surface area contributed by atoms with Crippen LogP contribution in [-0.2, 0) is 6.54 Å². The molecule has 0 radical (unpaired) electrons. The summed E-state index contributed by atoms with van der Waals surface area (Å²) in [7, 11) is 0. The molecule has 0 unspecified atom stereocenters. The van der Waals surface area contributed by atoms with E-state index in [9.17, 15) is 9.50 Å². The fraction of sp³-hybridized carbons (Fsp3) is 0.0769. The van der Waals surface area contributed by atoms with Crippen molar-refractivity contribution in [1.82, 2.24) is 0 Å². The number of para-hydroxylation sites is 1. The van der Waals surface area contributed by atoms with Crippen molar-refractivity contribution in [3.05, 3.63) is 58.9 Å². The van der Waals surface area contributed by atoms with Gasteiger partial charge < -0.3 is 10.4 Å². The Morgan fingerprint density at radius 1 is 1.18 bits per heavy atom. The quantitative estimate of drug-likeness (QED) is 0.870. The third-order valence-electron chi connectivity index (χ3n) is 2.39. The average Bonchev–Trinajstić information content (AvgIpc) is 2.30. The minimum absolute atomic E-state index is 0.221. The maximum Gasteiger partial charge on any atom is 0.124 e. The van der Waals surface area contributed by atoms with Crippen LogP contribution in [0.5, 0.6) is 5.75 Å². The van der Waals surface area contributed by atoms with E-state index < -0.39 is 0 Å². The number of rotatable bonds is 3. The van der Waals surface area contributed by atoms with Gasteiger partial charge in [-0.3, -0.25) is 0 Å². The van der Waals surface area contributed by atoms with Crippen LogP contribution in [0.2, 0.25) is 5.02 Å². The van der Waals surface area contributed by atoms with Gasteiger partial charge in [-0.05, 0) is 24.3 Å². The van der Waals surface area contributed by atoms with Crippen molar-refractivity contribution >= 4 is 17.3 Å². The van der Waals surface area contributed by atoms with Crippen molar-refractivity contribution in [2.75, 3.05) is 5.32 Å². The summed E-state index contributed by atoms with van der Waals surface area (Å²) in [6.45, 7) is 0.429. The number of anilines is 1. The summed E-state index contributed by atoms with van der Waals surface area (Å²) in [5.41, 5.74) is 1.39. The topological polar surface area (TPSA) is 32.3 Å². The lowest BCUT2D eigenvalue weighted by atomic mass is 10.2. The molecule has 0 saturated carbocycles. The normalized spacial score (nSPS) is 10.2. The number of hydrogen-bond acceptors (Lipinski definition) is 2. The van der Waals surface area contributed by atoms with Gasteiger partial charge >= 0.3 is 0 Å². The zero-order valence-electron chi connectivity index (χ0n) is 8.95. The molecule has 0 amide bonds. The molecule has 17 heavy (non-hydrogen) atoms. The van der Waals surface area contributed by atoms with Crippen LogP contribution in [0.25, 0.3) is 0 Å². The predicted molar refractivity (Wildman–Crippen MR) is 66.8 cm³/mol. The van der Waals surface area contributed by atoms with E-state index in [0.717, 1.165) is 5.56 Å². The lowest BCUT2D eigenvalue weighted by Gasteiger charge is -2.09. The largest absolute Gasteiger partial charge is 0.508 e. The summed E-state index contributed by atoms with van der Waals surface area (Å²) in [6.07, 6.45) is 0. The van der Waals surface area contributed by atoms with Crippen LogP contribution < -0.4 is 5.32 Å². The molecular formula is C13H11ClFNO. The number of nitrogens with one attached hydrogen (secondary N) is 1. The summed E-state index contributed by atoms with van der Waals surface area (Å²) >= 11 is 5.87. The molecule has 0 saturated heterocycles. The summed E-state index contributed by atoms with van der Waals surface area (Å²) < 4.78 is 12.8. The number of hydrogen-bond donors (Lipinski definition) is 2. The molecular weight excluding hydrogens is 241 g/mol. The second-order valence-corrected chi connectivity index (χ2v) is 4.01. The van der Waals surface area contributed by atoms with E-state index in [-0.39, 0.29) is 11.6 Å². The maximum absolute atomic E-state index is 12.8. The molecule has 0 aliphatic carbocycles. The molecule has 2 N–H and O–H groups in total. The molecule has 0 atom stereocenters. The fourth-order valence-electron chi connectivity index (χ4n) is 1.48. The van der Waals surface area contributed by atoms with E-state index in [1.165, 1.54) is 12.1 Å². The molecule has 88 valence electrons. The third kappa shape index (κ3) is 2.88. The van der Waals surface area contributed by atoms with Crippen LogP contribution >= 0.6 is 11.6 Å².